The molecule has 1 saturated heterocycles. The van der Waals surface area contributed by atoms with E-state index in [0.29, 0.717) is 16.5 Å². The summed E-state index contributed by atoms with van der Waals surface area (Å²) in [4.78, 5) is 12.1. The number of carbonyl (C=O) groups excluding carboxylic acids is 1. The van der Waals surface area contributed by atoms with Crippen LogP contribution in [-0.4, -0.2) is 18.4 Å². The number of hydrogen-bond donors (Lipinski definition) is 1. The molecule has 1 N–H and O–H groups in total. The summed E-state index contributed by atoms with van der Waals surface area (Å²) in [6, 6.07) is 5.55. The first-order valence-electron chi connectivity index (χ1n) is 5.78. The van der Waals surface area contributed by atoms with Gasteiger partial charge in [0.05, 0.1) is 0 Å². The van der Waals surface area contributed by atoms with Crippen molar-refractivity contribution in [1.29, 1.82) is 0 Å². The highest BCUT2D eigenvalue weighted by molar-refractivity contribution is 6.35. The third-order valence-corrected chi connectivity index (χ3v) is 3.91. The van der Waals surface area contributed by atoms with Crippen LogP contribution in [-0.2, 0) is 11.2 Å². The number of benzene rings is 1. The molecule has 2 nitrogen and oxygen atoms in total. The van der Waals surface area contributed by atoms with Crippen LogP contribution in [0.25, 0.3) is 0 Å². The van der Waals surface area contributed by atoms with E-state index in [-0.39, 0.29) is 17.7 Å². The molecule has 1 aliphatic rings. The Labute approximate surface area is 111 Å². The van der Waals surface area contributed by atoms with Gasteiger partial charge in [0.25, 0.3) is 0 Å². The SMILES string of the molecule is CC1NCCC1C(=O)Cc1ccc(Cl)cc1Cl. The molecule has 1 aliphatic heterocycles. The largest absolute Gasteiger partial charge is 0.314 e. The molecule has 2 atom stereocenters. The van der Waals surface area contributed by atoms with Crippen molar-refractivity contribution < 1.29 is 4.79 Å². The summed E-state index contributed by atoms with van der Waals surface area (Å²) in [6.07, 6.45) is 1.32. The summed E-state index contributed by atoms with van der Waals surface area (Å²) in [6.45, 7) is 2.98. The quantitative estimate of drug-likeness (QED) is 0.916. The molecule has 0 aromatic heterocycles. The second-order valence-electron chi connectivity index (χ2n) is 4.52. The predicted molar refractivity (Wildman–Crippen MR) is 70.7 cm³/mol. The van der Waals surface area contributed by atoms with Crippen molar-refractivity contribution in [1.82, 2.24) is 5.32 Å². The lowest BCUT2D eigenvalue weighted by Gasteiger charge is -2.14. The minimum absolute atomic E-state index is 0.113. The van der Waals surface area contributed by atoms with Crippen molar-refractivity contribution in [2.24, 2.45) is 5.92 Å². The van der Waals surface area contributed by atoms with Gasteiger partial charge in [0.2, 0.25) is 0 Å². The van der Waals surface area contributed by atoms with E-state index in [0.717, 1.165) is 18.5 Å². The maximum Gasteiger partial charge on any atom is 0.141 e. The highest BCUT2D eigenvalue weighted by Gasteiger charge is 2.29. The standard InChI is InChI=1S/C13H15Cl2NO/c1-8-11(4-5-16-8)13(17)6-9-2-3-10(14)7-12(9)15/h2-3,7-8,11,16H,4-6H2,1H3. The fourth-order valence-corrected chi connectivity index (χ4v) is 2.76. The summed E-state index contributed by atoms with van der Waals surface area (Å²) in [5.41, 5.74) is 0.861. The molecular weight excluding hydrogens is 257 g/mol. The summed E-state index contributed by atoms with van der Waals surface area (Å²) < 4.78 is 0. The zero-order valence-corrected chi connectivity index (χ0v) is 11.2. The van der Waals surface area contributed by atoms with Crippen molar-refractivity contribution in [2.75, 3.05) is 6.54 Å². The summed E-state index contributed by atoms with van der Waals surface area (Å²) in [5, 5.41) is 4.46. The number of halogens is 2. The molecule has 4 heteroatoms. The van der Waals surface area contributed by atoms with Gasteiger partial charge in [-0.05, 0) is 37.6 Å². The Morgan fingerprint density at radius 3 is 2.82 bits per heavy atom. The van der Waals surface area contributed by atoms with Crippen molar-refractivity contribution >= 4 is 29.0 Å². The lowest BCUT2D eigenvalue weighted by Crippen LogP contribution is -2.29. The van der Waals surface area contributed by atoms with Crippen LogP contribution >= 0.6 is 23.2 Å². The molecule has 2 unspecified atom stereocenters. The number of nitrogens with one attached hydrogen (secondary N) is 1. The monoisotopic (exact) mass is 271 g/mol. The number of rotatable bonds is 3. The van der Waals surface area contributed by atoms with Crippen LogP contribution < -0.4 is 5.32 Å². The Morgan fingerprint density at radius 1 is 1.47 bits per heavy atom. The van der Waals surface area contributed by atoms with Gasteiger partial charge in [0, 0.05) is 28.4 Å². The highest BCUT2D eigenvalue weighted by atomic mass is 35.5. The van der Waals surface area contributed by atoms with Crippen LogP contribution in [0.3, 0.4) is 0 Å². The average molecular weight is 272 g/mol. The van der Waals surface area contributed by atoms with Gasteiger partial charge < -0.3 is 5.32 Å². The molecule has 1 aromatic rings. The van der Waals surface area contributed by atoms with Gasteiger partial charge >= 0.3 is 0 Å². The molecule has 0 saturated carbocycles. The van der Waals surface area contributed by atoms with Crippen LogP contribution in [0.15, 0.2) is 18.2 Å². The summed E-state index contributed by atoms with van der Waals surface area (Å²) in [7, 11) is 0. The van der Waals surface area contributed by atoms with Gasteiger partial charge in [0.15, 0.2) is 0 Å². The van der Waals surface area contributed by atoms with Gasteiger partial charge in [-0.15, -0.1) is 0 Å². The third-order valence-electron chi connectivity index (χ3n) is 3.32. The number of carbonyl (C=O) groups is 1. The lowest BCUT2D eigenvalue weighted by molar-refractivity contribution is -0.122. The maximum atomic E-state index is 12.1. The van der Waals surface area contributed by atoms with Gasteiger partial charge in [-0.1, -0.05) is 29.3 Å². The van der Waals surface area contributed by atoms with Crippen LogP contribution in [0.2, 0.25) is 10.0 Å². The van der Waals surface area contributed by atoms with E-state index in [1.54, 1.807) is 12.1 Å². The fourth-order valence-electron chi connectivity index (χ4n) is 2.28. The van der Waals surface area contributed by atoms with Crippen LogP contribution in [0.4, 0.5) is 0 Å². The normalized spacial score (nSPS) is 23.9. The minimum atomic E-state index is 0.113. The van der Waals surface area contributed by atoms with Gasteiger partial charge in [-0.25, -0.2) is 0 Å². The lowest BCUT2D eigenvalue weighted by atomic mass is 9.92. The molecule has 0 spiro atoms. The first kappa shape index (κ1) is 12.9. The Balaban J connectivity index is 2.07. The molecular formula is C13H15Cl2NO. The van der Waals surface area contributed by atoms with Crippen LogP contribution in [0.5, 0.6) is 0 Å². The molecule has 92 valence electrons. The smallest absolute Gasteiger partial charge is 0.141 e. The molecule has 1 heterocycles. The van der Waals surface area contributed by atoms with Crippen molar-refractivity contribution in [2.45, 2.75) is 25.8 Å². The first-order chi connectivity index (χ1) is 8.08. The Bertz CT molecular complexity index is 433. The highest BCUT2D eigenvalue weighted by Crippen LogP contribution is 2.24. The van der Waals surface area contributed by atoms with E-state index >= 15 is 0 Å². The van der Waals surface area contributed by atoms with Gasteiger partial charge in [0.1, 0.15) is 5.78 Å². The zero-order valence-electron chi connectivity index (χ0n) is 9.67. The third kappa shape index (κ3) is 3.01. The van der Waals surface area contributed by atoms with Crippen molar-refractivity contribution in [3.05, 3.63) is 33.8 Å². The van der Waals surface area contributed by atoms with Crippen molar-refractivity contribution in [3.8, 4) is 0 Å². The Kier molecular flexibility index (Phi) is 4.08. The molecule has 0 bridgehead atoms. The topological polar surface area (TPSA) is 29.1 Å². The van der Waals surface area contributed by atoms with Crippen LogP contribution in [0, 0.1) is 5.92 Å². The van der Waals surface area contributed by atoms with Crippen molar-refractivity contribution in [3.63, 3.8) is 0 Å². The molecule has 2 rings (SSSR count). The van der Waals surface area contributed by atoms with Crippen LogP contribution in [0.1, 0.15) is 18.9 Å². The van der Waals surface area contributed by atoms with Gasteiger partial charge in [-0.3, -0.25) is 4.79 Å². The molecule has 1 aromatic carbocycles. The molecule has 0 amide bonds. The number of ketones is 1. The Hall–Kier alpha value is -0.570. The van der Waals surface area contributed by atoms with Gasteiger partial charge in [-0.2, -0.15) is 0 Å². The predicted octanol–water partition coefficient (Wildman–Crippen LogP) is 3.10. The number of Topliss-reactive ketones (excluding diaryl/α,β-unsaturated/α-hetero) is 1. The summed E-state index contributed by atoms with van der Waals surface area (Å²) in [5.74, 6) is 0.369. The fraction of sp³-hybridized carbons (Fsp3) is 0.462. The second-order valence-corrected chi connectivity index (χ2v) is 5.36. The summed E-state index contributed by atoms with van der Waals surface area (Å²) >= 11 is 11.9. The molecule has 1 fully saturated rings. The zero-order chi connectivity index (χ0) is 12.4. The second kappa shape index (κ2) is 5.38. The average Bonchev–Trinajstić information content (AvgIpc) is 2.68. The molecule has 0 aliphatic carbocycles. The van der Waals surface area contributed by atoms with E-state index in [9.17, 15) is 4.79 Å². The van der Waals surface area contributed by atoms with E-state index in [1.165, 1.54) is 0 Å². The first-order valence-corrected chi connectivity index (χ1v) is 6.53. The van der Waals surface area contributed by atoms with E-state index < -0.39 is 0 Å². The minimum Gasteiger partial charge on any atom is -0.314 e. The van der Waals surface area contributed by atoms with E-state index in [2.05, 4.69) is 12.2 Å². The molecule has 0 radical (unpaired) electrons. The number of hydrogen-bond acceptors (Lipinski definition) is 2. The van der Waals surface area contributed by atoms with E-state index in [1.807, 2.05) is 6.07 Å². The Morgan fingerprint density at radius 2 is 2.24 bits per heavy atom. The van der Waals surface area contributed by atoms with E-state index in [4.69, 9.17) is 23.2 Å². The molecule has 17 heavy (non-hydrogen) atoms. The maximum absolute atomic E-state index is 12.1.